The van der Waals surface area contributed by atoms with Gasteiger partial charge in [-0.1, -0.05) is 44.2 Å². The summed E-state index contributed by atoms with van der Waals surface area (Å²) in [5.41, 5.74) is 0.703. The molecule has 4 nitrogen and oxygen atoms in total. The standard InChI is InChI=1S/C19H20F3NO3S/c1-17(2)12-18(17,14-6-4-3-5-7-14)13-23-27(24,25)16-10-8-15(9-11-16)26-19(20,21)22/h3-11,23H,12-13H2,1-2H3/t18-/m0/s1. The van der Waals surface area contributed by atoms with Crippen molar-refractivity contribution in [1.82, 2.24) is 4.72 Å². The van der Waals surface area contributed by atoms with Crippen LogP contribution in [0.5, 0.6) is 5.75 Å². The maximum Gasteiger partial charge on any atom is 0.573 e. The van der Waals surface area contributed by atoms with Crippen LogP contribution < -0.4 is 9.46 Å². The number of nitrogens with one attached hydrogen (secondary N) is 1. The first-order valence-corrected chi connectivity index (χ1v) is 9.85. The Morgan fingerprint density at radius 1 is 1.04 bits per heavy atom. The van der Waals surface area contributed by atoms with E-state index >= 15 is 0 Å². The molecule has 1 atom stereocenters. The fourth-order valence-corrected chi connectivity index (χ4v) is 4.58. The third kappa shape index (κ3) is 4.11. The Balaban J connectivity index is 1.75. The Kier molecular flexibility index (Phi) is 4.76. The van der Waals surface area contributed by atoms with Crippen LogP contribution in [0.1, 0.15) is 25.8 Å². The molecule has 8 heteroatoms. The van der Waals surface area contributed by atoms with Crippen LogP contribution in [0, 0.1) is 5.41 Å². The van der Waals surface area contributed by atoms with Gasteiger partial charge in [0.05, 0.1) is 4.90 Å². The third-order valence-electron chi connectivity index (χ3n) is 5.17. The fraction of sp³-hybridized carbons (Fsp3) is 0.368. The van der Waals surface area contributed by atoms with Crippen LogP contribution in [-0.2, 0) is 15.4 Å². The van der Waals surface area contributed by atoms with Crippen molar-refractivity contribution >= 4 is 10.0 Å². The number of halogens is 3. The molecular formula is C19H20F3NO3S. The molecule has 1 fully saturated rings. The van der Waals surface area contributed by atoms with Crippen LogP contribution in [0.2, 0.25) is 0 Å². The van der Waals surface area contributed by atoms with Gasteiger partial charge < -0.3 is 4.74 Å². The normalized spacial score (nSPS) is 21.7. The first-order valence-electron chi connectivity index (χ1n) is 8.36. The van der Waals surface area contributed by atoms with Crippen LogP contribution in [0.25, 0.3) is 0 Å². The second-order valence-corrected chi connectivity index (χ2v) is 9.12. The van der Waals surface area contributed by atoms with E-state index in [9.17, 15) is 21.6 Å². The van der Waals surface area contributed by atoms with Gasteiger partial charge >= 0.3 is 6.36 Å². The zero-order chi connectivity index (χ0) is 19.9. The van der Waals surface area contributed by atoms with Crippen LogP contribution in [0.4, 0.5) is 13.2 Å². The summed E-state index contributed by atoms with van der Waals surface area (Å²) < 4.78 is 68.2. The van der Waals surface area contributed by atoms with Gasteiger partial charge in [-0.25, -0.2) is 13.1 Å². The summed E-state index contributed by atoms with van der Waals surface area (Å²) in [6.45, 7) is 4.38. The Hall–Kier alpha value is -2.06. The van der Waals surface area contributed by atoms with Gasteiger partial charge in [0.25, 0.3) is 0 Å². The molecule has 0 saturated heterocycles. The summed E-state index contributed by atoms with van der Waals surface area (Å²) in [6, 6.07) is 13.8. The van der Waals surface area contributed by atoms with E-state index in [1.54, 1.807) is 0 Å². The van der Waals surface area contributed by atoms with Crippen molar-refractivity contribution in [2.75, 3.05) is 6.54 Å². The lowest BCUT2D eigenvalue weighted by atomic mass is 9.88. The van der Waals surface area contributed by atoms with Gasteiger partial charge in [0, 0.05) is 12.0 Å². The quantitative estimate of drug-likeness (QED) is 0.791. The third-order valence-corrected chi connectivity index (χ3v) is 6.59. The van der Waals surface area contributed by atoms with Gasteiger partial charge in [0.1, 0.15) is 5.75 Å². The molecule has 0 unspecified atom stereocenters. The van der Waals surface area contributed by atoms with E-state index in [0.29, 0.717) is 0 Å². The molecule has 3 rings (SSSR count). The molecule has 0 heterocycles. The largest absolute Gasteiger partial charge is 0.573 e. The zero-order valence-corrected chi connectivity index (χ0v) is 15.7. The second kappa shape index (κ2) is 6.53. The number of benzene rings is 2. The molecule has 1 N–H and O–H groups in total. The summed E-state index contributed by atoms with van der Waals surface area (Å²) in [5, 5.41) is 0. The average Bonchev–Trinajstić information content (AvgIpc) is 3.16. The summed E-state index contributed by atoms with van der Waals surface area (Å²) in [6.07, 6.45) is -3.98. The van der Waals surface area contributed by atoms with E-state index in [2.05, 4.69) is 23.3 Å². The van der Waals surface area contributed by atoms with Crippen LogP contribution >= 0.6 is 0 Å². The lowest BCUT2D eigenvalue weighted by Gasteiger charge is -2.22. The van der Waals surface area contributed by atoms with Crippen molar-refractivity contribution in [3.8, 4) is 5.75 Å². The Morgan fingerprint density at radius 3 is 2.07 bits per heavy atom. The van der Waals surface area contributed by atoms with E-state index in [-0.39, 0.29) is 22.3 Å². The van der Waals surface area contributed by atoms with Gasteiger partial charge in [0.2, 0.25) is 10.0 Å². The van der Waals surface area contributed by atoms with Crippen molar-refractivity contribution in [2.45, 2.75) is 36.9 Å². The Labute approximate surface area is 156 Å². The maximum absolute atomic E-state index is 12.6. The first kappa shape index (κ1) is 19.7. The highest BCUT2D eigenvalue weighted by Gasteiger charge is 2.61. The van der Waals surface area contributed by atoms with E-state index in [1.807, 2.05) is 30.3 Å². The van der Waals surface area contributed by atoms with Crippen LogP contribution in [-0.4, -0.2) is 21.3 Å². The molecule has 0 radical (unpaired) electrons. The van der Waals surface area contributed by atoms with Crippen LogP contribution in [0.15, 0.2) is 59.5 Å². The summed E-state index contributed by atoms with van der Waals surface area (Å²) >= 11 is 0. The van der Waals surface area contributed by atoms with E-state index in [4.69, 9.17) is 0 Å². The fourth-order valence-electron chi connectivity index (χ4n) is 3.49. The molecule has 1 saturated carbocycles. The lowest BCUT2D eigenvalue weighted by Crippen LogP contribution is -2.34. The zero-order valence-electron chi connectivity index (χ0n) is 14.9. The number of ether oxygens (including phenoxy) is 1. The van der Waals surface area contributed by atoms with E-state index in [1.165, 1.54) is 0 Å². The smallest absolute Gasteiger partial charge is 0.406 e. The number of alkyl halides is 3. The second-order valence-electron chi connectivity index (χ2n) is 7.35. The molecule has 0 aromatic heterocycles. The molecule has 0 spiro atoms. The van der Waals surface area contributed by atoms with E-state index < -0.39 is 22.1 Å². The molecule has 2 aromatic rings. The summed E-state index contributed by atoms with van der Waals surface area (Å²) in [5.74, 6) is -0.467. The van der Waals surface area contributed by atoms with Crippen molar-refractivity contribution in [3.63, 3.8) is 0 Å². The van der Waals surface area contributed by atoms with Crippen molar-refractivity contribution < 1.29 is 26.3 Å². The topological polar surface area (TPSA) is 55.4 Å². The molecule has 146 valence electrons. The minimum atomic E-state index is -4.82. The van der Waals surface area contributed by atoms with Crippen LogP contribution in [0.3, 0.4) is 0 Å². The minimum Gasteiger partial charge on any atom is -0.406 e. The number of sulfonamides is 1. The Bertz CT molecular complexity index is 909. The average molecular weight is 399 g/mol. The summed E-state index contributed by atoms with van der Waals surface area (Å²) in [7, 11) is -3.86. The molecule has 2 aromatic carbocycles. The molecule has 1 aliphatic rings. The predicted molar refractivity (Wildman–Crippen MR) is 94.8 cm³/mol. The molecule has 0 aliphatic heterocycles. The van der Waals surface area contributed by atoms with Crippen molar-refractivity contribution in [3.05, 3.63) is 60.2 Å². The molecular weight excluding hydrogens is 379 g/mol. The van der Waals surface area contributed by atoms with Gasteiger partial charge in [0.15, 0.2) is 0 Å². The maximum atomic E-state index is 12.6. The Morgan fingerprint density at radius 2 is 1.59 bits per heavy atom. The van der Waals surface area contributed by atoms with Crippen molar-refractivity contribution in [2.24, 2.45) is 5.41 Å². The molecule has 1 aliphatic carbocycles. The predicted octanol–water partition coefficient (Wildman–Crippen LogP) is 4.23. The minimum absolute atomic E-state index is 0.0543. The number of hydrogen-bond donors (Lipinski definition) is 1. The van der Waals surface area contributed by atoms with Gasteiger partial charge in [-0.05, 0) is 41.7 Å². The molecule has 0 bridgehead atoms. The highest BCUT2D eigenvalue weighted by Crippen LogP contribution is 2.63. The number of hydrogen-bond acceptors (Lipinski definition) is 3. The molecule has 27 heavy (non-hydrogen) atoms. The SMILES string of the molecule is CC1(C)C[C@]1(CNS(=O)(=O)c1ccc(OC(F)(F)F)cc1)c1ccccc1. The van der Waals surface area contributed by atoms with Gasteiger partial charge in [-0.2, -0.15) is 0 Å². The highest BCUT2D eigenvalue weighted by atomic mass is 32.2. The van der Waals surface area contributed by atoms with Gasteiger partial charge in [-0.3, -0.25) is 0 Å². The first-order chi connectivity index (χ1) is 12.5. The molecule has 0 amide bonds. The monoisotopic (exact) mass is 399 g/mol. The van der Waals surface area contributed by atoms with Crippen molar-refractivity contribution in [1.29, 1.82) is 0 Å². The number of rotatable bonds is 6. The highest BCUT2D eigenvalue weighted by molar-refractivity contribution is 7.89. The van der Waals surface area contributed by atoms with Gasteiger partial charge in [-0.15, -0.1) is 13.2 Å². The van der Waals surface area contributed by atoms with E-state index in [0.717, 1.165) is 36.2 Å². The lowest BCUT2D eigenvalue weighted by molar-refractivity contribution is -0.274. The summed E-state index contributed by atoms with van der Waals surface area (Å²) in [4.78, 5) is -0.112.